The highest BCUT2D eigenvalue weighted by Gasteiger charge is 2.17. The maximum Gasteiger partial charge on any atom is 0.244 e. The highest BCUT2D eigenvalue weighted by atomic mass is 32.2. The molecule has 6 nitrogen and oxygen atoms in total. The molecular formula is C12H21N3O3S. The largest absolute Gasteiger partial charge is 0.396 e. The van der Waals surface area contributed by atoms with Crippen molar-refractivity contribution in [3.05, 3.63) is 18.3 Å². The highest BCUT2D eigenvalue weighted by Crippen LogP contribution is 2.14. The van der Waals surface area contributed by atoms with Crippen LogP contribution >= 0.6 is 0 Å². The smallest absolute Gasteiger partial charge is 0.244 e. The van der Waals surface area contributed by atoms with Gasteiger partial charge in [0.25, 0.3) is 0 Å². The van der Waals surface area contributed by atoms with Crippen molar-refractivity contribution in [1.82, 2.24) is 9.29 Å². The van der Waals surface area contributed by atoms with Crippen molar-refractivity contribution in [2.75, 3.05) is 26.0 Å². The number of pyridine rings is 1. The molecule has 0 bridgehead atoms. The Kier molecular flexibility index (Phi) is 5.71. The van der Waals surface area contributed by atoms with Gasteiger partial charge in [0, 0.05) is 32.9 Å². The van der Waals surface area contributed by atoms with Gasteiger partial charge in [0.2, 0.25) is 10.0 Å². The molecule has 0 saturated heterocycles. The summed E-state index contributed by atoms with van der Waals surface area (Å²) in [7, 11) is -0.457. The van der Waals surface area contributed by atoms with E-state index in [0.717, 1.165) is 17.1 Å². The molecule has 0 saturated carbocycles. The third-order valence-corrected chi connectivity index (χ3v) is 4.50. The second kappa shape index (κ2) is 6.83. The van der Waals surface area contributed by atoms with Crippen LogP contribution in [0, 0.1) is 0 Å². The number of hydrogen-bond acceptors (Lipinski definition) is 5. The zero-order chi connectivity index (χ0) is 14.5. The lowest BCUT2D eigenvalue weighted by Crippen LogP contribution is -2.22. The molecule has 7 heteroatoms. The lowest BCUT2D eigenvalue weighted by atomic mass is 10.2. The molecule has 0 aliphatic rings. The summed E-state index contributed by atoms with van der Waals surface area (Å²) in [5.74, 6) is 0.628. The van der Waals surface area contributed by atoms with Crippen molar-refractivity contribution >= 4 is 15.8 Å². The molecule has 1 rings (SSSR count). The zero-order valence-corrected chi connectivity index (χ0v) is 12.3. The second-order valence-corrected chi connectivity index (χ2v) is 6.73. The molecule has 1 unspecified atom stereocenters. The van der Waals surface area contributed by atoms with Crippen molar-refractivity contribution in [2.24, 2.45) is 0 Å². The summed E-state index contributed by atoms with van der Waals surface area (Å²) in [6.07, 6.45) is 2.90. The van der Waals surface area contributed by atoms with Gasteiger partial charge < -0.3 is 10.4 Å². The molecule has 0 amide bonds. The number of nitrogens with one attached hydrogen (secondary N) is 1. The number of rotatable bonds is 7. The van der Waals surface area contributed by atoms with E-state index in [0.29, 0.717) is 5.82 Å². The lowest BCUT2D eigenvalue weighted by molar-refractivity contribution is 0.282. The number of aliphatic hydroxyl groups is 1. The third kappa shape index (κ3) is 4.45. The molecule has 2 N–H and O–H groups in total. The summed E-state index contributed by atoms with van der Waals surface area (Å²) in [6.45, 7) is 2.15. The highest BCUT2D eigenvalue weighted by molar-refractivity contribution is 7.89. The number of nitrogens with zero attached hydrogens (tertiary/aromatic N) is 2. The molecule has 1 aromatic heterocycles. The minimum absolute atomic E-state index is 0.166. The first-order chi connectivity index (χ1) is 8.87. The predicted octanol–water partition coefficient (Wildman–Crippen LogP) is 0.905. The molecule has 0 fully saturated rings. The van der Waals surface area contributed by atoms with E-state index < -0.39 is 10.0 Å². The quantitative estimate of drug-likeness (QED) is 0.779. The number of aliphatic hydroxyl groups excluding tert-OH is 1. The Hall–Kier alpha value is -1.18. The average Bonchev–Trinajstić information content (AvgIpc) is 2.36. The normalized spacial score (nSPS) is 13.5. The molecule has 108 valence electrons. The molecule has 0 radical (unpaired) electrons. The molecule has 0 spiro atoms. The van der Waals surface area contributed by atoms with Gasteiger partial charge in [-0.25, -0.2) is 17.7 Å². The Morgan fingerprint density at radius 1 is 1.42 bits per heavy atom. The van der Waals surface area contributed by atoms with Gasteiger partial charge in [0.15, 0.2) is 0 Å². The van der Waals surface area contributed by atoms with Gasteiger partial charge in [-0.1, -0.05) is 0 Å². The second-order valence-electron chi connectivity index (χ2n) is 4.58. The van der Waals surface area contributed by atoms with Crippen molar-refractivity contribution in [1.29, 1.82) is 0 Å². The maximum absolute atomic E-state index is 11.8. The monoisotopic (exact) mass is 287 g/mol. The number of sulfonamides is 1. The Bertz CT molecular complexity index is 485. The minimum Gasteiger partial charge on any atom is -0.396 e. The van der Waals surface area contributed by atoms with Crippen molar-refractivity contribution < 1.29 is 13.5 Å². The lowest BCUT2D eigenvalue weighted by Gasteiger charge is -2.15. The fraction of sp³-hybridized carbons (Fsp3) is 0.583. The molecule has 0 aromatic carbocycles. The van der Waals surface area contributed by atoms with E-state index in [-0.39, 0.29) is 17.5 Å². The van der Waals surface area contributed by atoms with E-state index in [9.17, 15) is 8.42 Å². The predicted molar refractivity (Wildman–Crippen MR) is 74.5 cm³/mol. The molecule has 1 heterocycles. The first-order valence-corrected chi connectivity index (χ1v) is 7.58. The Morgan fingerprint density at radius 3 is 2.58 bits per heavy atom. The molecule has 1 atom stereocenters. The van der Waals surface area contributed by atoms with Gasteiger partial charge in [-0.2, -0.15) is 0 Å². The van der Waals surface area contributed by atoms with E-state index in [1.807, 2.05) is 6.92 Å². The SMILES string of the molecule is CC(CCCO)Nc1ccc(S(=O)(=O)N(C)C)cn1. The Labute approximate surface area is 114 Å². The van der Waals surface area contributed by atoms with Crippen molar-refractivity contribution in [3.8, 4) is 0 Å². The van der Waals surface area contributed by atoms with Gasteiger partial charge in [0.05, 0.1) is 0 Å². The van der Waals surface area contributed by atoms with E-state index in [1.54, 1.807) is 6.07 Å². The molecule has 19 heavy (non-hydrogen) atoms. The average molecular weight is 287 g/mol. The standard InChI is InChI=1S/C12H21N3O3S/c1-10(5-4-8-16)14-12-7-6-11(9-13-12)19(17,18)15(2)3/h6-7,9-10,16H,4-5,8H2,1-3H3,(H,13,14). The van der Waals surface area contributed by atoms with E-state index in [1.165, 1.54) is 26.4 Å². The number of hydrogen-bond donors (Lipinski definition) is 2. The van der Waals surface area contributed by atoms with Crippen LogP contribution in [-0.4, -0.2) is 49.6 Å². The summed E-state index contributed by atoms with van der Waals surface area (Å²) in [4.78, 5) is 4.27. The van der Waals surface area contributed by atoms with E-state index >= 15 is 0 Å². The van der Waals surface area contributed by atoms with Gasteiger partial charge in [-0.15, -0.1) is 0 Å². The van der Waals surface area contributed by atoms with E-state index in [4.69, 9.17) is 5.11 Å². The van der Waals surface area contributed by atoms with Crippen LogP contribution in [0.15, 0.2) is 23.2 Å². The first kappa shape index (κ1) is 15.9. The minimum atomic E-state index is -3.43. The van der Waals surface area contributed by atoms with Crippen LogP contribution in [0.25, 0.3) is 0 Å². The Balaban J connectivity index is 2.72. The summed E-state index contributed by atoms with van der Waals surface area (Å²) in [6, 6.07) is 3.35. The van der Waals surface area contributed by atoms with Gasteiger partial charge in [-0.05, 0) is 31.9 Å². The first-order valence-electron chi connectivity index (χ1n) is 6.14. The van der Waals surface area contributed by atoms with Gasteiger partial charge in [0.1, 0.15) is 10.7 Å². The van der Waals surface area contributed by atoms with Crippen LogP contribution in [-0.2, 0) is 10.0 Å². The molecule has 0 aliphatic carbocycles. The molecule has 1 aromatic rings. The number of aromatic nitrogens is 1. The van der Waals surface area contributed by atoms with E-state index in [2.05, 4.69) is 10.3 Å². The fourth-order valence-corrected chi connectivity index (χ4v) is 2.40. The summed E-state index contributed by atoms with van der Waals surface area (Å²) >= 11 is 0. The van der Waals surface area contributed by atoms with Crippen LogP contribution in [0.3, 0.4) is 0 Å². The van der Waals surface area contributed by atoms with Crippen LogP contribution in [0.5, 0.6) is 0 Å². The maximum atomic E-state index is 11.8. The molecule has 0 aliphatic heterocycles. The van der Waals surface area contributed by atoms with Crippen molar-refractivity contribution in [3.63, 3.8) is 0 Å². The molecular weight excluding hydrogens is 266 g/mol. The van der Waals surface area contributed by atoms with Crippen LogP contribution < -0.4 is 5.32 Å². The van der Waals surface area contributed by atoms with Crippen molar-refractivity contribution in [2.45, 2.75) is 30.7 Å². The third-order valence-electron chi connectivity index (χ3n) is 2.70. The fourth-order valence-electron chi connectivity index (χ4n) is 1.55. The van der Waals surface area contributed by atoms with Crippen LogP contribution in [0.2, 0.25) is 0 Å². The number of anilines is 1. The van der Waals surface area contributed by atoms with Gasteiger partial charge in [-0.3, -0.25) is 0 Å². The van der Waals surface area contributed by atoms with Crippen LogP contribution in [0.4, 0.5) is 5.82 Å². The Morgan fingerprint density at radius 2 is 2.11 bits per heavy atom. The van der Waals surface area contributed by atoms with Gasteiger partial charge >= 0.3 is 0 Å². The summed E-state index contributed by atoms with van der Waals surface area (Å²) < 4.78 is 24.8. The topological polar surface area (TPSA) is 82.5 Å². The zero-order valence-electron chi connectivity index (χ0n) is 11.5. The summed E-state index contributed by atoms with van der Waals surface area (Å²) in [5, 5.41) is 11.9. The van der Waals surface area contributed by atoms with Crippen LogP contribution in [0.1, 0.15) is 19.8 Å². The summed E-state index contributed by atoms with van der Waals surface area (Å²) in [5.41, 5.74) is 0.